The van der Waals surface area contributed by atoms with Crippen molar-refractivity contribution in [1.82, 2.24) is 5.32 Å². The Labute approximate surface area is 133 Å². The quantitative estimate of drug-likeness (QED) is 0.400. The molecule has 1 atom stereocenters. The Bertz CT molecular complexity index is 624. The molecular weight excluding hydrogens is 300 g/mol. The molecule has 0 saturated heterocycles. The molecule has 0 aromatic heterocycles. The summed E-state index contributed by atoms with van der Waals surface area (Å²) in [5.41, 5.74) is 5.63. The average molecular weight is 318 g/mol. The van der Waals surface area contributed by atoms with E-state index in [1.165, 1.54) is 18.2 Å². The third kappa shape index (κ3) is 6.56. The molecule has 1 aromatic carbocycles. The van der Waals surface area contributed by atoms with E-state index in [1.807, 2.05) is 6.07 Å². The number of nitro groups is 1. The Kier molecular flexibility index (Phi) is 7.20. The second-order valence-electron chi connectivity index (χ2n) is 5.03. The maximum Gasteiger partial charge on any atom is 0.269 e. The zero-order chi connectivity index (χ0) is 17.2. The van der Waals surface area contributed by atoms with E-state index in [9.17, 15) is 19.7 Å². The number of nitrogens with two attached hydrogens (primary N) is 1. The van der Waals surface area contributed by atoms with Gasteiger partial charge in [0.25, 0.3) is 5.69 Å². The average Bonchev–Trinajstić information content (AvgIpc) is 2.50. The fourth-order valence-electron chi connectivity index (χ4n) is 2.05. The molecule has 0 spiro atoms. The molecular formula is C15H18N4O4. The topological polar surface area (TPSA) is 139 Å². The summed E-state index contributed by atoms with van der Waals surface area (Å²) in [5, 5.41) is 21.7. The molecule has 0 aliphatic carbocycles. The molecule has 1 aromatic rings. The van der Waals surface area contributed by atoms with Crippen LogP contribution in [-0.4, -0.2) is 22.8 Å². The predicted octanol–water partition coefficient (Wildman–Crippen LogP) is 1.19. The summed E-state index contributed by atoms with van der Waals surface area (Å²) in [7, 11) is 0. The van der Waals surface area contributed by atoms with Gasteiger partial charge in [0, 0.05) is 18.6 Å². The minimum absolute atomic E-state index is 0.0797. The summed E-state index contributed by atoms with van der Waals surface area (Å²) in [4.78, 5) is 33.5. The Morgan fingerprint density at radius 3 is 2.74 bits per heavy atom. The number of unbranched alkanes of at least 4 members (excludes halogenated alkanes) is 2. The molecule has 0 aliphatic heterocycles. The molecule has 0 heterocycles. The number of amides is 2. The van der Waals surface area contributed by atoms with Crippen molar-refractivity contribution in [3.8, 4) is 6.07 Å². The van der Waals surface area contributed by atoms with Crippen LogP contribution in [0.15, 0.2) is 24.3 Å². The number of non-ortho nitro benzene ring substituents is 1. The first kappa shape index (κ1) is 18.1. The van der Waals surface area contributed by atoms with Crippen LogP contribution in [0.2, 0.25) is 0 Å². The van der Waals surface area contributed by atoms with Crippen LogP contribution in [0.1, 0.15) is 31.2 Å². The van der Waals surface area contributed by atoms with Crippen molar-refractivity contribution in [1.29, 1.82) is 5.26 Å². The van der Waals surface area contributed by atoms with Crippen LogP contribution in [0.4, 0.5) is 5.69 Å². The monoisotopic (exact) mass is 318 g/mol. The summed E-state index contributed by atoms with van der Waals surface area (Å²) < 4.78 is 0. The van der Waals surface area contributed by atoms with Gasteiger partial charge in [0.05, 0.1) is 17.4 Å². The van der Waals surface area contributed by atoms with E-state index >= 15 is 0 Å². The van der Waals surface area contributed by atoms with E-state index in [4.69, 9.17) is 11.0 Å². The van der Waals surface area contributed by atoms with Gasteiger partial charge in [-0.3, -0.25) is 19.7 Å². The van der Waals surface area contributed by atoms with Crippen LogP contribution in [0.5, 0.6) is 0 Å². The fourth-order valence-corrected chi connectivity index (χ4v) is 2.05. The number of nitrogens with zero attached hydrogens (tertiary/aromatic N) is 2. The molecule has 3 N–H and O–H groups in total. The van der Waals surface area contributed by atoms with E-state index in [0.717, 1.165) is 0 Å². The van der Waals surface area contributed by atoms with Crippen molar-refractivity contribution in [3.63, 3.8) is 0 Å². The first-order chi connectivity index (χ1) is 10.9. The van der Waals surface area contributed by atoms with E-state index in [-0.39, 0.29) is 12.1 Å². The molecule has 8 heteroatoms. The number of hydrogen-bond donors (Lipinski definition) is 2. The lowest BCUT2D eigenvalue weighted by Crippen LogP contribution is -2.44. The first-order valence-electron chi connectivity index (χ1n) is 7.13. The van der Waals surface area contributed by atoms with Gasteiger partial charge in [-0.15, -0.1) is 0 Å². The lowest BCUT2D eigenvalue weighted by Gasteiger charge is -2.15. The number of rotatable bonds is 9. The van der Waals surface area contributed by atoms with Gasteiger partial charge in [-0.2, -0.15) is 5.26 Å². The lowest BCUT2D eigenvalue weighted by molar-refractivity contribution is -0.384. The van der Waals surface area contributed by atoms with Crippen LogP contribution >= 0.6 is 0 Å². The highest BCUT2D eigenvalue weighted by Crippen LogP contribution is 2.13. The van der Waals surface area contributed by atoms with Crippen molar-refractivity contribution in [2.45, 2.75) is 38.1 Å². The summed E-state index contributed by atoms with van der Waals surface area (Å²) in [6.07, 6.45) is 1.88. The highest BCUT2D eigenvalue weighted by atomic mass is 16.6. The number of primary amides is 1. The maximum atomic E-state index is 12.0. The molecule has 0 aliphatic rings. The Morgan fingerprint density at radius 2 is 2.13 bits per heavy atom. The van der Waals surface area contributed by atoms with Crippen LogP contribution < -0.4 is 11.1 Å². The van der Waals surface area contributed by atoms with Gasteiger partial charge in [-0.25, -0.2) is 0 Å². The SMILES string of the molecule is N#CCCCC[C@H](NC(=O)Cc1cccc([N+](=O)[O-])c1)C(N)=O. The van der Waals surface area contributed by atoms with Crippen LogP contribution in [0.3, 0.4) is 0 Å². The number of benzene rings is 1. The fraction of sp³-hybridized carbons (Fsp3) is 0.400. The molecule has 122 valence electrons. The van der Waals surface area contributed by atoms with Crippen LogP contribution in [0, 0.1) is 21.4 Å². The number of nitro benzene ring substituents is 1. The molecule has 0 fully saturated rings. The maximum absolute atomic E-state index is 12.0. The number of carbonyl (C=O) groups excluding carboxylic acids is 2. The van der Waals surface area contributed by atoms with E-state index in [1.54, 1.807) is 6.07 Å². The molecule has 2 amide bonds. The largest absolute Gasteiger partial charge is 0.368 e. The van der Waals surface area contributed by atoms with Gasteiger partial charge >= 0.3 is 0 Å². The molecule has 8 nitrogen and oxygen atoms in total. The minimum Gasteiger partial charge on any atom is -0.368 e. The highest BCUT2D eigenvalue weighted by Gasteiger charge is 2.18. The zero-order valence-electron chi connectivity index (χ0n) is 12.5. The molecule has 0 radical (unpaired) electrons. The second kappa shape index (κ2) is 9.15. The van der Waals surface area contributed by atoms with E-state index < -0.39 is 22.8 Å². The highest BCUT2D eigenvalue weighted by molar-refractivity contribution is 5.87. The first-order valence-corrected chi connectivity index (χ1v) is 7.13. The van der Waals surface area contributed by atoms with Gasteiger partial charge in [0.2, 0.25) is 11.8 Å². The molecule has 0 saturated carbocycles. The Hall–Kier alpha value is -2.95. The number of nitrogens with one attached hydrogen (secondary N) is 1. The lowest BCUT2D eigenvalue weighted by atomic mass is 10.1. The smallest absolute Gasteiger partial charge is 0.269 e. The number of carbonyl (C=O) groups is 2. The van der Waals surface area contributed by atoms with Crippen LogP contribution in [-0.2, 0) is 16.0 Å². The van der Waals surface area contributed by atoms with Gasteiger partial charge in [0.15, 0.2) is 0 Å². The Balaban J connectivity index is 2.58. The Morgan fingerprint density at radius 1 is 1.39 bits per heavy atom. The molecule has 0 bridgehead atoms. The number of nitriles is 1. The zero-order valence-corrected chi connectivity index (χ0v) is 12.5. The van der Waals surface area contributed by atoms with Crippen LogP contribution in [0.25, 0.3) is 0 Å². The molecule has 23 heavy (non-hydrogen) atoms. The van der Waals surface area contributed by atoms with Crippen molar-refractivity contribution < 1.29 is 14.5 Å². The third-order valence-corrected chi connectivity index (χ3v) is 3.20. The second-order valence-corrected chi connectivity index (χ2v) is 5.03. The van der Waals surface area contributed by atoms with E-state index in [2.05, 4.69) is 5.32 Å². The van der Waals surface area contributed by atoms with Gasteiger partial charge in [-0.05, 0) is 24.8 Å². The van der Waals surface area contributed by atoms with Crippen molar-refractivity contribution in [3.05, 3.63) is 39.9 Å². The van der Waals surface area contributed by atoms with E-state index in [0.29, 0.717) is 31.2 Å². The van der Waals surface area contributed by atoms with Crippen molar-refractivity contribution in [2.24, 2.45) is 5.73 Å². The van der Waals surface area contributed by atoms with Gasteiger partial charge in [-0.1, -0.05) is 12.1 Å². The minimum atomic E-state index is -0.806. The summed E-state index contributed by atoms with van der Waals surface area (Å²) in [6, 6.07) is 6.93. The third-order valence-electron chi connectivity index (χ3n) is 3.20. The van der Waals surface area contributed by atoms with Crippen molar-refractivity contribution in [2.75, 3.05) is 0 Å². The summed E-state index contributed by atoms with van der Waals surface area (Å²) >= 11 is 0. The summed E-state index contributed by atoms with van der Waals surface area (Å²) in [6.45, 7) is 0. The molecule has 0 unspecified atom stereocenters. The number of hydrogen-bond acceptors (Lipinski definition) is 5. The standard InChI is InChI=1S/C15H18N4O4/c16-8-3-1-2-7-13(15(17)21)18-14(20)10-11-5-4-6-12(9-11)19(22)23/h4-6,9,13H,1-3,7,10H2,(H2,17,21)(H,18,20)/t13-/m0/s1. The normalized spacial score (nSPS) is 11.3. The van der Waals surface area contributed by atoms with Gasteiger partial charge in [0.1, 0.15) is 6.04 Å². The van der Waals surface area contributed by atoms with Crippen molar-refractivity contribution >= 4 is 17.5 Å². The summed E-state index contributed by atoms with van der Waals surface area (Å²) in [5.74, 6) is -1.08. The van der Waals surface area contributed by atoms with Gasteiger partial charge < -0.3 is 11.1 Å². The molecule has 1 rings (SSSR count). The predicted molar refractivity (Wildman–Crippen MR) is 82.0 cm³/mol.